The molecule has 86 valence electrons. The normalized spacial score (nSPS) is 13.1. The van der Waals surface area contributed by atoms with Gasteiger partial charge < -0.3 is 10.5 Å². The number of ether oxygens (including phenoxy) is 1. The van der Waals surface area contributed by atoms with E-state index in [1.807, 2.05) is 11.6 Å². The molecule has 0 aliphatic carbocycles. The van der Waals surface area contributed by atoms with Gasteiger partial charge in [0.2, 0.25) is 0 Å². The predicted octanol–water partition coefficient (Wildman–Crippen LogP) is 1.12. The monoisotopic (exact) mass is 211 g/mol. The standard InChI is InChI=1S/C11H21N3O/c1-4-14-11(7-9(2)13-14)8-10(12)5-6-15-3/h7,10H,4-6,8,12H2,1-3H3. The van der Waals surface area contributed by atoms with Gasteiger partial charge in [0.05, 0.1) is 5.69 Å². The summed E-state index contributed by atoms with van der Waals surface area (Å²) in [5.41, 5.74) is 8.29. The van der Waals surface area contributed by atoms with Crippen molar-refractivity contribution in [1.82, 2.24) is 9.78 Å². The van der Waals surface area contributed by atoms with Crippen molar-refractivity contribution in [1.29, 1.82) is 0 Å². The van der Waals surface area contributed by atoms with Crippen LogP contribution in [0.2, 0.25) is 0 Å². The first-order valence-electron chi connectivity index (χ1n) is 5.45. The molecular formula is C11H21N3O. The smallest absolute Gasteiger partial charge is 0.0596 e. The van der Waals surface area contributed by atoms with Crippen LogP contribution in [0.25, 0.3) is 0 Å². The van der Waals surface area contributed by atoms with E-state index in [1.54, 1.807) is 7.11 Å². The summed E-state index contributed by atoms with van der Waals surface area (Å²) >= 11 is 0. The van der Waals surface area contributed by atoms with Crippen LogP contribution in [0.5, 0.6) is 0 Å². The van der Waals surface area contributed by atoms with Crippen molar-refractivity contribution in [3.05, 3.63) is 17.5 Å². The number of nitrogens with two attached hydrogens (primary N) is 1. The zero-order valence-electron chi connectivity index (χ0n) is 9.86. The summed E-state index contributed by atoms with van der Waals surface area (Å²) in [6.45, 7) is 5.73. The molecule has 0 amide bonds. The van der Waals surface area contributed by atoms with Crippen molar-refractivity contribution in [3.8, 4) is 0 Å². The Morgan fingerprint density at radius 1 is 1.60 bits per heavy atom. The van der Waals surface area contributed by atoms with Crippen molar-refractivity contribution in [3.63, 3.8) is 0 Å². The average molecular weight is 211 g/mol. The molecule has 0 aromatic carbocycles. The predicted molar refractivity (Wildman–Crippen MR) is 60.8 cm³/mol. The van der Waals surface area contributed by atoms with E-state index in [0.29, 0.717) is 0 Å². The maximum absolute atomic E-state index is 6.00. The van der Waals surface area contributed by atoms with E-state index >= 15 is 0 Å². The minimum atomic E-state index is 0.159. The Bertz CT molecular complexity index is 296. The molecule has 1 aromatic rings. The molecule has 15 heavy (non-hydrogen) atoms. The molecule has 0 saturated heterocycles. The minimum absolute atomic E-state index is 0.159. The number of methoxy groups -OCH3 is 1. The summed E-state index contributed by atoms with van der Waals surface area (Å²) < 4.78 is 7.03. The summed E-state index contributed by atoms with van der Waals surface area (Å²) in [7, 11) is 1.70. The van der Waals surface area contributed by atoms with Crippen LogP contribution in [0, 0.1) is 6.92 Å². The average Bonchev–Trinajstić information content (AvgIpc) is 2.55. The van der Waals surface area contributed by atoms with Gasteiger partial charge in [0.1, 0.15) is 0 Å². The topological polar surface area (TPSA) is 53.1 Å². The third-order valence-corrected chi connectivity index (χ3v) is 2.45. The highest BCUT2D eigenvalue weighted by atomic mass is 16.5. The van der Waals surface area contributed by atoms with E-state index < -0.39 is 0 Å². The van der Waals surface area contributed by atoms with Gasteiger partial charge in [-0.1, -0.05) is 0 Å². The number of aromatic nitrogens is 2. The van der Waals surface area contributed by atoms with Gasteiger partial charge in [0, 0.05) is 38.4 Å². The van der Waals surface area contributed by atoms with Gasteiger partial charge in [0.15, 0.2) is 0 Å². The van der Waals surface area contributed by atoms with Crippen LogP contribution in [-0.4, -0.2) is 29.5 Å². The molecule has 0 aliphatic heterocycles. The molecule has 1 heterocycles. The first-order chi connectivity index (χ1) is 7.17. The zero-order valence-corrected chi connectivity index (χ0v) is 9.86. The highest BCUT2D eigenvalue weighted by Gasteiger charge is 2.09. The highest BCUT2D eigenvalue weighted by molar-refractivity contribution is 5.10. The van der Waals surface area contributed by atoms with E-state index in [1.165, 1.54) is 5.69 Å². The Labute approximate surface area is 91.4 Å². The summed E-state index contributed by atoms with van der Waals surface area (Å²) in [4.78, 5) is 0. The van der Waals surface area contributed by atoms with Gasteiger partial charge in [-0.2, -0.15) is 5.10 Å². The molecule has 0 spiro atoms. The number of hydrogen-bond donors (Lipinski definition) is 1. The SMILES string of the molecule is CCn1nc(C)cc1CC(N)CCOC. The summed E-state index contributed by atoms with van der Waals surface area (Å²) in [5, 5.41) is 4.39. The van der Waals surface area contributed by atoms with Crippen LogP contribution in [0.1, 0.15) is 24.7 Å². The quantitative estimate of drug-likeness (QED) is 0.767. The van der Waals surface area contributed by atoms with Crippen molar-refractivity contribution >= 4 is 0 Å². The Balaban J connectivity index is 2.54. The lowest BCUT2D eigenvalue weighted by molar-refractivity contribution is 0.187. The molecule has 2 N–H and O–H groups in total. The van der Waals surface area contributed by atoms with Crippen molar-refractivity contribution in [2.45, 2.75) is 39.3 Å². The second kappa shape index (κ2) is 5.88. The fraction of sp³-hybridized carbons (Fsp3) is 0.727. The third-order valence-electron chi connectivity index (χ3n) is 2.45. The van der Waals surface area contributed by atoms with Gasteiger partial charge >= 0.3 is 0 Å². The number of nitrogens with zero attached hydrogens (tertiary/aromatic N) is 2. The maximum atomic E-state index is 6.00. The largest absolute Gasteiger partial charge is 0.385 e. The fourth-order valence-corrected chi connectivity index (χ4v) is 1.68. The summed E-state index contributed by atoms with van der Waals surface area (Å²) in [6, 6.07) is 2.27. The third kappa shape index (κ3) is 3.64. The van der Waals surface area contributed by atoms with Crippen LogP contribution >= 0.6 is 0 Å². The minimum Gasteiger partial charge on any atom is -0.385 e. The van der Waals surface area contributed by atoms with Crippen molar-refractivity contribution in [2.75, 3.05) is 13.7 Å². The zero-order chi connectivity index (χ0) is 11.3. The first-order valence-corrected chi connectivity index (χ1v) is 5.45. The molecule has 0 aliphatic rings. The fourth-order valence-electron chi connectivity index (χ4n) is 1.68. The first kappa shape index (κ1) is 12.2. The van der Waals surface area contributed by atoms with E-state index in [-0.39, 0.29) is 6.04 Å². The molecule has 0 fully saturated rings. The second-order valence-corrected chi connectivity index (χ2v) is 3.84. The summed E-state index contributed by atoms with van der Waals surface area (Å²) in [6.07, 6.45) is 1.77. The molecule has 4 nitrogen and oxygen atoms in total. The number of rotatable bonds is 6. The molecular weight excluding hydrogens is 190 g/mol. The highest BCUT2D eigenvalue weighted by Crippen LogP contribution is 2.07. The Kier molecular flexibility index (Phi) is 4.78. The van der Waals surface area contributed by atoms with Crippen molar-refractivity contribution < 1.29 is 4.74 Å². The van der Waals surface area contributed by atoms with Gasteiger partial charge in [-0.15, -0.1) is 0 Å². The molecule has 0 bridgehead atoms. The summed E-state index contributed by atoms with van der Waals surface area (Å²) in [5.74, 6) is 0. The second-order valence-electron chi connectivity index (χ2n) is 3.84. The van der Waals surface area contributed by atoms with E-state index in [9.17, 15) is 0 Å². The van der Waals surface area contributed by atoms with Gasteiger partial charge in [-0.3, -0.25) is 4.68 Å². The molecule has 1 aromatic heterocycles. The van der Waals surface area contributed by atoms with Crippen LogP contribution in [-0.2, 0) is 17.7 Å². The Hall–Kier alpha value is -0.870. The van der Waals surface area contributed by atoms with Gasteiger partial charge in [-0.25, -0.2) is 0 Å². The molecule has 1 atom stereocenters. The van der Waals surface area contributed by atoms with Crippen LogP contribution in [0.3, 0.4) is 0 Å². The number of hydrogen-bond acceptors (Lipinski definition) is 3. The molecule has 1 unspecified atom stereocenters. The maximum Gasteiger partial charge on any atom is 0.0596 e. The number of aryl methyl sites for hydroxylation is 2. The van der Waals surface area contributed by atoms with E-state index in [4.69, 9.17) is 10.5 Å². The Morgan fingerprint density at radius 2 is 2.33 bits per heavy atom. The Morgan fingerprint density at radius 3 is 2.93 bits per heavy atom. The van der Waals surface area contributed by atoms with Crippen LogP contribution in [0.15, 0.2) is 6.07 Å². The lowest BCUT2D eigenvalue weighted by Crippen LogP contribution is -2.25. The molecule has 0 radical (unpaired) electrons. The molecule has 4 heteroatoms. The van der Waals surface area contributed by atoms with Gasteiger partial charge in [0.25, 0.3) is 0 Å². The molecule has 1 rings (SSSR count). The lowest BCUT2D eigenvalue weighted by Gasteiger charge is -2.11. The van der Waals surface area contributed by atoms with Crippen molar-refractivity contribution in [2.24, 2.45) is 5.73 Å². The van der Waals surface area contributed by atoms with E-state index in [0.717, 1.165) is 31.7 Å². The van der Waals surface area contributed by atoms with Crippen LogP contribution in [0.4, 0.5) is 0 Å². The lowest BCUT2D eigenvalue weighted by atomic mass is 10.1. The van der Waals surface area contributed by atoms with Gasteiger partial charge in [-0.05, 0) is 26.3 Å². The van der Waals surface area contributed by atoms with E-state index in [2.05, 4.69) is 18.1 Å². The van der Waals surface area contributed by atoms with Crippen LogP contribution < -0.4 is 5.73 Å². The molecule has 0 saturated carbocycles.